The highest BCUT2D eigenvalue weighted by atomic mass is 19.1. The molecule has 6 heteroatoms. The zero-order valence-corrected chi connectivity index (χ0v) is 14.0. The number of aromatic carboxylic acids is 1. The van der Waals surface area contributed by atoms with E-state index in [-0.39, 0.29) is 16.9 Å². The number of carbonyl (C=O) groups is 2. The highest BCUT2D eigenvalue weighted by molar-refractivity contribution is 6.07. The summed E-state index contributed by atoms with van der Waals surface area (Å²) in [4.78, 5) is 25.0. The van der Waals surface area contributed by atoms with Crippen molar-refractivity contribution in [2.45, 2.75) is 0 Å². The van der Waals surface area contributed by atoms with E-state index in [0.29, 0.717) is 37.6 Å². The van der Waals surface area contributed by atoms with Crippen LogP contribution in [0.3, 0.4) is 0 Å². The summed E-state index contributed by atoms with van der Waals surface area (Å²) in [5.74, 6) is -1.76. The summed E-state index contributed by atoms with van der Waals surface area (Å²) in [5.41, 5.74) is 1.60. The van der Waals surface area contributed by atoms with Gasteiger partial charge >= 0.3 is 5.97 Å². The van der Waals surface area contributed by atoms with E-state index in [9.17, 15) is 14.0 Å². The van der Waals surface area contributed by atoms with Crippen LogP contribution in [0.25, 0.3) is 6.08 Å². The molecular weight excluding hydrogens is 337 g/mol. The van der Waals surface area contributed by atoms with Crippen LogP contribution in [0.4, 0.5) is 10.1 Å². The smallest absolute Gasteiger partial charge is 0.335 e. The largest absolute Gasteiger partial charge is 0.478 e. The molecule has 134 valence electrons. The molecule has 0 unspecified atom stereocenters. The van der Waals surface area contributed by atoms with Crippen molar-refractivity contribution in [3.8, 4) is 0 Å². The molecule has 0 bridgehead atoms. The van der Waals surface area contributed by atoms with Crippen molar-refractivity contribution in [2.24, 2.45) is 0 Å². The molecule has 1 aliphatic rings. The number of carbonyl (C=O) groups excluding carboxylic acids is 1. The van der Waals surface area contributed by atoms with Gasteiger partial charge in [0.15, 0.2) is 5.78 Å². The predicted molar refractivity (Wildman–Crippen MR) is 96.2 cm³/mol. The summed E-state index contributed by atoms with van der Waals surface area (Å²) in [6, 6.07) is 10.6. The second-order valence-electron chi connectivity index (χ2n) is 5.89. The Morgan fingerprint density at radius 2 is 1.69 bits per heavy atom. The monoisotopic (exact) mass is 355 g/mol. The Morgan fingerprint density at radius 1 is 1.04 bits per heavy atom. The van der Waals surface area contributed by atoms with E-state index in [4.69, 9.17) is 9.84 Å². The average Bonchev–Trinajstić information content (AvgIpc) is 2.67. The zero-order valence-electron chi connectivity index (χ0n) is 14.0. The molecule has 0 aliphatic carbocycles. The van der Waals surface area contributed by atoms with Crippen LogP contribution in [0.5, 0.6) is 0 Å². The van der Waals surface area contributed by atoms with E-state index in [1.807, 2.05) is 4.90 Å². The van der Waals surface area contributed by atoms with E-state index < -0.39 is 11.8 Å². The number of rotatable bonds is 5. The number of carboxylic acid groups (broad SMARTS) is 1. The number of ketones is 1. The first-order valence-electron chi connectivity index (χ1n) is 8.22. The van der Waals surface area contributed by atoms with Gasteiger partial charge in [-0.15, -0.1) is 0 Å². The van der Waals surface area contributed by atoms with Crippen molar-refractivity contribution < 1.29 is 23.8 Å². The first-order chi connectivity index (χ1) is 12.5. The van der Waals surface area contributed by atoms with Gasteiger partial charge in [-0.3, -0.25) is 4.79 Å². The van der Waals surface area contributed by atoms with E-state index in [0.717, 1.165) is 0 Å². The number of allylic oxidation sites excluding steroid dienone is 1. The van der Waals surface area contributed by atoms with Gasteiger partial charge in [-0.25, -0.2) is 9.18 Å². The third kappa shape index (κ3) is 4.15. The van der Waals surface area contributed by atoms with Crippen LogP contribution < -0.4 is 4.90 Å². The molecule has 1 heterocycles. The first kappa shape index (κ1) is 17.8. The molecule has 2 aromatic carbocycles. The van der Waals surface area contributed by atoms with Crippen LogP contribution in [0.2, 0.25) is 0 Å². The highest BCUT2D eigenvalue weighted by Gasteiger charge is 2.16. The summed E-state index contributed by atoms with van der Waals surface area (Å²) in [5, 5.41) is 8.87. The molecular formula is C20H18FNO4. The number of carboxylic acids is 1. The molecule has 0 saturated carbocycles. The third-order valence-corrected chi connectivity index (χ3v) is 4.17. The van der Waals surface area contributed by atoms with Gasteiger partial charge in [0.05, 0.1) is 24.5 Å². The molecule has 5 nitrogen and oxygen atoms in total. The minimum Gasteiger partial charge on any atom is -0.478 e. The van der Waals surface area contributed by atoms with Gasteiger partial charge in [0, 0.05) is 18.7 Å². The Balaban J connectivity index is 1.71. The highest BCUT2D eigenvalue weighted by Crippen LogP contribution is 2.22. The fourth-order valence-corrected chi connectivity index (χ4v) is 2.73. The Kier molecular flexibility index (Phi) is 5.43. The van der Waals surface area contributed by atoms with Crippen molar-refractivity contribution in [3.05, 3.63) is 71.0 Å². The molecule has 1 N–H and O–H groups in total. The van der Waals surface area contributed by atoms with Crippen LogP contribution in [0.1, 0.15) is 26.3 Å². The fourth-order valence-electron chi connectivity index (χ4n) is 2.73. The quantitative estimate of drug-likeness (QED) is 0.659. The van der Waals surface area contributed by atoms with E-state index in [2.05, 4.69) is 0 Å². The molecule has 26 heavy (non-hydrogen) atoms. The van der Waals surface area contributed by atoms with Crippen LogP contribution in [-0.4, -0.2) is 43.2 Å². The normalized spacial score (nSPS) is 14.6. The molecule has 1 aliphatic heterocycles. The van der Waals surface area contributed by atoms with Gasteiger partial charge in [0.2, 0.25) is 0 Å². The molecule has 0 amide bonds. The Hall–Kier alpha value is -2.99. The second-order valence-corrected chi connectivity index (χ2v) is 5.89. The van der Waals surface area contributed by atoms with Gasteiger partial charge in [0.25, 0.3) is 0 Å². The predicted octanol–water partition coefficient (Wildman–Crippen LogP) is 3.26. The summed E-state index contributed by atoms with van der Waals surface area (Å²) in [6.07, 6.45) is 2.92. The van der Waals surface area contributed by atoms with Crippen molar-refractivity contribution in [1.82, 2.24) is 0 Å². The van der Waals surface area contributed by atoms with Crippen molar-refractivity contribution in [3.63, 3.8) is 0 Å². The molecule has 0 spiro atoms. The molecule has 0 radical (unpaired) electrons. The zero-order chi connectivity index (χ0) is 18.5. The summed E-state index contributed by atoms with van der Waals surface area (Å²) in [6.45, 7) is 2.36. The van der Waals surface area contributed by atoms with Crippen molar-refractivity contribution in [2.75, 3.05) is 31.2 Å². The number of halogens is 1. The maximum Gasteiger partial charge on any atom is 0.335 e. The molecule has 0 aromatic heterocycles. The van der Waals surface area contributed by atoms with Crippen LogP contribution in [0.15, 0.2) is 48.5 Å². The number of nitrogens with zero attached hydrogens (tertiary/aromatic N) is 1. The molecule has 1 saturated heterocycles. The number of morpholine rings is 1. The molecule has 3 rings (SSSR count). The lowest BCUT2D eigenvalue weighted by atomic mass is 10.1. The maximum absolute atomic E-state index is 14.4. The lowest BCUT2D eigenvalue weighted by molar-refractivity contribution is 0.0696. The van der Waals surface area contributed by atoms with Gasteiger partial charge in [0.1, 0.15) is 5.82 Å². The fraction of sp³-hybridized carbons (Fsp3) is 0.200. The Bertz CT molecular complexity index is 839. The van der Waals surface area contributed by atoms with E-state index in [1.54, 1.807) is 30.3 Å². The third-order valence-electron chi connectivity index (χ3n) is 4.17. The minimum absolute atomic E-state index is 0.175. The molecule has 2 aromatic rings. The van der Waals surface area contributed by atoms with Gasteiger partial charge in [-0.1, -0.05) is 18.2 Å². The first-order valence-corrected chi connectivity index (χ1v) is 8.22. The molecule has 1 fully saturated rings. The summed E-state index contributed by atoms with van der Waals surface area (Å²) >= 11 is 0. The lowest BCUT2D eigenvalue weighted by Gasteiger charge is -2.29. The van der Waals surface area contributed by atoms with Crippen molar-refractivity contribution in [1.29, 1.82) is 0 Å². The maximum atomic E-state index is 14.4. The molecule has 0 atom stereocenters. The van der Waals surface area contributed by atoms with Gasteiger partial charge in [-0.2, -0.15) is 0 Å². The minimum atomic E-state index is -1.01. The summed E-state index contributed by atoms with van der Waals surface area (Å²) in [7, 11) is 0. The van der Waals surface area contributed by atoms with Crippen LogP contribution >= 0.6 is 0 Å². The van der Waals surface area contributed by atoms with Gasteiger partial charge < -0.3 is 14.7 Å². The number of hydrogen-bond acceptors (Lipinski definition) is 4. The van der Waals surface area contributed by atoms with E-state index >= 15 is 0 Å². The van der Waals surface area contributed by atoms with Crippen LogP contribution in [-0.2, 0) is 4.74 Å². The number of benzene rings is 2. The standard InChI is InChI=1S/C20H18FNO4/c21-17-13-16(6-7-18(17)22-9-11-26-12-10-22)19(23)8-3-14-1-4-15(5-2-14)20(24)25/h1-8,13H,9-12H2,(H,24,25)/b8-3+. The van der Waals surface area contributed by atoms with Crippen molar-refractivity contribution >= 4 is 23.5 Å². The lowest BCUT2D eigenvalue weighted by Crippen LogP contribution is -2.36. The van der Waals surface area contributed by atoms with E-state index in [1.165, 1.54) is 24.3 Å². The van der Waals surface area contributed by atoms with Gasteiger partial charge in [-0.05, 0) is 42.0 Å². The SMILES string of the molecule is O=C(O)c1ccc(/C=C/C(=O)c2ccc(N3CCOCC3)c(F)c2)cc1. The topological polar surface area (TPSA) is 66.8 Å². The summed E-state index contributed by atoms with van der Waals surface area (Å²) < 4.78 is 19.6. The Labute approximate surface area is 150 Å². The Morgan fingerprint density at radius 3 is 2.31 bits per heavy atom. The number of anilines is 1. The second kappa shape index (κ2) is 7.93. The average molecular weight is 355 g/mol. The van der Waals surface area contributed by atoms with Crippen LogP contribution in [0, 0.1) is 5.82 Å². The number of hydrogen-bond donors (Lipinski definition) is 1. The number of ether oxygens (including phenoxy) is 1.